The van der Waals surface area contributed by atoms with Gasteiger partial charge in [-0.3, -0.25) is 14.2 Å². The van der Waals surface area contributed by atoms with E-state index in [4.69, 9.17) is 4.98 Å². The molecule has 33 heavy (non-hydrogen) atoms. The van der Waals surface area contributed by atoms with Crippen LogP contribution in [0.15, 0.2) is 38.7 Å². The van der Waals surface area contributed by atoms with E-state index in [0.29, 0.717) is 27.1 Å². The number of hydrogen-bond acceptors (Lipinski definition) is 9. The van der Waals surface area contributed by atoms with Gasteiger partial charge in [-0.05, 0) is 31.2 Å². The van der Waals surface area contributed by atoms with E-state index in [9.17, 15) is 9.59 Å². The number of thioether (sulfide) groups is 2. The SMILES string of the molecule is CCSc1nnc(NC(=O)CC2CSc3nc4c(cnn4-c4ccc(C)cc4C)c(=O)n32)s1. The Morgan fingerprint density at radius 1 is 1.30 bits per heavy atom. The van der Waals surface area contributed by atoms with Gasteiger partial charge in [0.2, 0.25) is 11.0 Å². The minimum absolute atomic E-state index is 0.161. The third-order valence-corrected chi connectivity index (χ3v) is 8.24. The fraction of sp³-hybridized carbons (Fsp3) is 0.333. The predicted octanol–water partition coefficient (Wildman–Crippen LogP) is 3.84. The summed E-state index contributed by atoms with van der Waals surface area (Å²) in [5.74, 6) is 1.30. The van der Waals surface area contributed by atoms with Gasteiger partial charge in [-0.15, -0.1) is 10.2 Å². The zero-order chi connectivity index (χ0) is 23.1. The van der Waals surface area contributed by atoms with Gasteiger partial charge < -0.3 is 5.32 Å². The lowest BCUT2D eigenvalue weighted by Gasteiger charge is -2.13. The van der Waals surface area contributed by atoms with E-state index < -0.39 is 0 Å². The molecule has 9 nitrogen and oxygen atoms in total. The molecule has 12 heteroatoms. The van der Waals surface area contributed by atoms with Gasteiger partial charge in [0.1, 0.15) is 5.39 Å². The molecule has 1 unspecified atom stereocenters. The Balaban J connectivity index is 1.42. The normalized spacial score (nSPS) is 15.2. The van der Waals surface area contributed by atoms with Crippen LogP contribution in [-0.2, 0) is 4.79 Å². The summed E-state index contributed by atoms with van der Waals surface area (Å²) in [6, 6.07) is 5.80. The molecule has 1 aliphatic rings. The van der Waals surface area contributed by atoms with Crippen molar-refractivity contribution in [3.05, 3.63) is 45.9 Å². The lowest BCUT2D eigenvalue weighted by atomic mass is 10.1. The van der Waals surface area contributed by atoms with Crippen molar-refractivity contribution in [3.63, 3.8) is 0 Å². The second kappa shape index (κ2) is 8.92. The summed E-state index contributed by atoms with van der Waals surface area (Å²) in [6.45, 7) is 6.09. The molecule has 1 N–H and O–H groups in total. The van der Waals surface area contributed by atoms with Crippen LogP contribution in [0.2, 0.25) is 0 Å². The van der Waals surface area contributed by atoms with E-state index in [1.807, 2.05) is 32.9 Å². The molecule has 1 aliphatic heterocycles. The first-order chi connectivity index (χ1) is 15.9. The van der Waals surface area contributed by atoms with E-state index in [2.05, 4.69) is 26.7 Å². The van der Waals surface area contributed by atoms with E-state index in [0.717, 1.165) is 26.9 Å². The molecule has 0 spiro atoms. The first-order valence-corrected chi connectivity index (χ1v) is 13.2. The smallest absolute Gasteiger partial charge is 0.265 e. The van der Waals surface area contributed by atoms with Crippen molar-refractivity contribution in [2.75, 3.05) is 16.8 Å². The lowest BCUT2D eigenvalue weighted by molar-refractivity contribution is -0.116. The summed E-state index contributed by atoms with van der Waals surface area (Å²) in [6.07, 6.45) is 1.72. The maximum atomic E-state index is 13.3. The number of hydrogen-bond donors (Lipinski definition) is 1. The number of fused-ring (bicyclic) bond motifs is 2. The number of aryl methyl sites for hydroxylation is 2. The molecule has 1 aromatic carbocycles. The fourth-order valence-electron chi connectivity index (χ4n) is 3.83. The van der Waals surface area contributed by atoms with E-state index >= 15 is 0 Å². The van der Waals surface area contributed by atoms with Gasteiger partial charge in [-0.1, -0.05) is 59.5 Å². The largest absolute Gasteiger partial charge is 0.300 e. The summed E-state index contributed by atoms with van der Waals surface area (Å²) in [5.41, 5.74) is 3.47. The second-order valence-corrected chi connectivity index (χ2v) is 11.2. The number of rotatable bonds is 6. The van der Waals surface area contributed by atoms with Crippen LogP contribution in [0.4, 0.5) is 5.13 Å². The molecule has 0 saturated carbocycles. The zero-order valence-corrected chi connectivity index (χ0v) is 20.7. The maximum Gasteiger partial charge on any atom is 0.265 e. The van der Waals surface area contributed by atoms with E-state index in [-0.39, 0.29) is 23.9 Å². The standard InChI is InChI=1S/C21H21N7O2S3/c1-4-31-21-26-25-19(33-21)23-16(29)8-13-10-32-20-24-17-14(18(30)27(13)20)9-22-28(17)15-6-5-11(2)7-12(15)3/h5-7,9,13H,4,8,10H2,1-3H3,(H,23,25,29). The fourth-order valence-corrected chi connectivity index (χ4v) is 6.62. The third-order valence-electron chi connectivity index (χ3n) is 5.29. The number of nitrogens with zero attached hydrogens (tertiary/aromatic N) is 6. The zero-order valence-electron chi connectivity index (χ0n) is 18.2. The van der Waals surface area contributed by atoms with Gasteiger partial charge in [-0.25, -0.2) is 9.67 Å². The number of carbonyl (C=O) groups is 1. The number of amides is 1. The van der Waals surface area contributed by atoms with Crippen LogP contribution >= 0.6 is 34.9 Å². The Kier molecular flexibility index (Phi) is 5.97. The predicted molar refractivity (Wildman–Crippen MR) is 132 cm³/mol. The molecule has 0 fully saturated rings. The first kappa shape index (κ1) is 22.1. The Hall–Kier alpha value is -2.70. The molecule has 0 aliphatic carbocycles. The Labute approximate surface area is 202 Å². The molecule has 0 saturated heterocycles. The van der Waals surface area contributed by atoms with Crippen molar-refractivity contribution >= 4 is 56.9 Å². The lowest BCUT2D eigenvalue weighted by Crippen LogP contribution is -2.27. The maximum absolute atomic E-state index is 13.3. The second-order valence-electron chi connectivity index (χ2n) is 7.68. The molecule has 170 valence electrons. The number of anilines is 1. The molecule has 1 amide bonds. The summed E-state index contributed by atoms with van der Waals surface area (Å²) in [5, 5.41) is 16.8. The number of nitrogens with one attached hydrogen (secondary N) is 1. The Morgan fingerprint density at radius 3 is 2.94 bits per heavy atom. The summed E-state index contributed by atoms with van der Waals surface area (Å²) in [4.78, 5) is 30.7. The topological polar surface area (TPSA) is 108 Å². The average Bonchev–Trinajstić information content (AvgIpc) is 3.48. The highest BCUT2D eigenvalue weighted by molar-refractivity contribution is 8.01. The van der Waals surface area contributed by atoms with Crippen molar-refractivity contribution in [1.29, 1.82) is 0 Å². The van der Waals surface area contributed by atoms with Gasteiger partial charge in [0.05, 0.1) is 17.9 Å². The van der Waals surface area contributed by atoms with E-state index in [1.54, 1.807) is 27.2 Å². The number of benzene rings is 1. The van der Waals surface area contributed by atoms with Crippen LogP contribution in [0.25, 0.3) is 16.7 Å². The van der Waals surface area contributed by atoms with Crippen molar-refractivity contribution in [2.24, 2.45) is 0 Å². The van der Waals surface area contributed by atoms with E-state index in [1.165, 1.54) is 23.1 Å². The Bertz CT molecular complexity index is 1430. The average molecular weight is 500 g/mol. The van der Waals surface area contributed by atoms with Gasteiger partial charge >= 0.3 is 0 Å². The van der Waals surface area contributed by atoms with Crippen molar-refractivity contribution in [2.45, 2.75) is 42.7 Å². The van der Waals surface area contributed by atoms with Crippen LogP contribution in [0.1, 0.15) is 30.5 Å². The van der Waals surface area contributed by atoms with Crippen LogP contribution in [0.5, 0.6) is 0 Å². The minimum Gasteiger partial charge on any atom is -0.300 e. The summed E-state index contributed by atoms with van der Waals surface area (Å²) in [7, 11) is 0. The van der Waals surface area contributed by atoms with Gasteiger partial charge in [0.25, 0.3) is 5.56 Å². The molecule has 3 aromatic heterocycles. The molecular formula is C21H21N7O2S3. The number of carbonyl (C=O) groups excluding carboxylic acids is 1. The van der Waals surface area contributed by atoms with Crippen molar-refractivity contribution < 1.29 is 4.79 Å². The highest BCUT2D eigenvalue weighted by Crippen LogP contribution is 2.34. The molecule has 0 radical (unpaired) electrons. The quantitative estimate of drug-likeness (QED) is 0.242. The van der Waals surface area contributed by atoms with Crippen LogP contribution in [0, 0.1) is 13.8 Å². The number of aromatic nitrogens is 6. The monoisotopic (exact) mass is 499 g/mol. The molecule has 4 heterocycles. The summed E-state index contributed by atoms with van der Waals surface area (Å²) < 4.78 is 4.16. The van der Waals surface area contributed by atoms with Crippen LogP contribution in [-0.4, -0.2) is 46.9 Å². The Morgan fingerprint density at radius 2 is 2.15 bits per heavy atom. The van der Waals surface area contributed by atoms with Crippen LogP contribution in [0.3, 0.4) is 0 Å². The minimum atomic E-state index is -0.281. The van der Waals surface area contributed by atoms with Gasteiger partial charge in [0.15, 0.2) is 15.1 Å². The third kappa shape index (κ3) is 4.18. The summed E-state index contributed by atoms with van der Waals surface area (Å²) >= 11 is 4.41. The first-order valence-electron chi connectivity index (χ1n) is 10.4. The highest BCUT2D eigenvalue weighted by atomic mass is 32.2. The molecule has 5 rings (SSSR count). The van der Waals surface area contributed by atoms with Gasteiger partial charge in [0, 0.05) is 12.2 Å². The van der Waals surface area contributed by atoms with Crippen molar-refractivity contribution in [3.8, 4) is 5.69 Å². The van der Waals surface area contributed by atoms with Gasteiger partial charge in [-0.2, -0.15) is 5.10 Å². The molecule has 0 bridgehead atoms. The molecule has 4 aromatic rings. The van der Waals surface area contributed by atoms with Crippen LogP contribution < -0.4 is 10.9 Å². The highest BCUT2D eigenvalue weighted by Gasteiger charge is 2.30. The molecular weight excluding hydrogens is 478 g/mol. The van der Waals surface area contributed by atoms with Crippen molar-refractivity contribution in [1.82, 2.24) is 29.5 Å². The molecule has 1 atom stereocenters.